The summed E-state index contributed by atoms with van der Waals surface area (Å²) in [6, 6.07) is 48.1. The van der Waals surface area contributed by atoms with Gasteiger partial charge in [-0.15, -0.1) is 0 Å². The number of anilines is 3. The van der Waals surface area contributed by atoms with Crippen LogP contribution in [0.1, 0.15) is 16.7 Å². The van der Waals surface area contributed by atoms with E-state index in [1.54, 1.807) is 0 Å². The lowest BCUT2D eigenvalue weighted by Crippen LogP contribution is -2.14. The van der Waals surface area contributed by atoms with E-state index in [0.717, 1.165) is 38.7 Å². The van der Waals surface area contributed by atoms with Crippen molar-refractivity contribution < 1.29 is 0 Å². The molecular weight excluding hydrogens is 504 g/mol. The van der Waals surface area contributed by atoms with E-state index in [9.17, 15) is 5.26 Å². The van der Waals surface area contributed by atoms with Crippen molar-refractivity contribution in [3.8, 4) is 29.0 Å². The standard InChI is InChI=1S/C37H22N2S/c38-25-33-31-8-2-1-7-28(31)21-24-32(33)29-19-15-26(16-20-29)13-14-27-17-22-30(23-18-27)39-34-9-3-5-11-36(34)40-37-12-6-4-10-35(37)39/h1-12,15-24H. The average molecular weight is 527 g/mol. The molecule has 186 valence electrons. The molecule has 6 aromatic rings. The molecule has 0 spiro atoms. The molecule has 0 fully saturated rings. The van der Waals surface area contributed by atoms with Crippen LogP contribution >= 0.6 is 11.8 Å². The van der Waals surface area contributed by atoms with E-state index in [-0.39, 0.29) is 0 Å². The maximum Gasteiger partial charge on any atom is 0.100 e. The quantitative estimate of drug-likeness (QED) is 0.210. The number of rotatable bonds is 2. The van der Waals surface area contributed by atoms with Gasteiger partial charge < -0.3 is 4.90 Å². The van der Waals surface area contributed by atoms with Crippen LogP contribution in [0.3, 0.4) is 0 Å². The van der Waals surface area contributed by atoms with E-state index in [1.165, 1.54) is 21.2 Å². The van der Waals surface area contributed by atoms with Crippen LogP contribution in [0.2, 0.25) is 0 Å². The van der Waals surface area contributed by atoms with E-state index in [4.69, 9.17) is 0 Å². The van der Waals surface area contributed by atoms with Crippen LogP contribution in [-0.4, -0.2) is 0 Å². The molecule has 0 amide bonds. The molecule has 40 heavy (non-hydrogen) atoms. The minimum atomic E-state index is 0.703. The first-order chi connectivity index (χ1) is 19.8. The Hall–Kier alpha value is -5.22. The Morgan fingerprint density at radius 2 is 1.12 bits per heavy atom. The van der Waals surface area contributed by atoms with E-state index < -0.39 is 0 Å². The first-order valence-corrected chi connectivity index (χ1v) is 13.9. The zero-order valence-corrected chi connectivity index (χ0v) is 22.3. The third-order valence-electron chi connectivity index (χ3n) is 7.15. The zero-order chi connectivity index (χ0) is 26.9. The highest BCUT2D eigenvalue weighted by molar-refractivity contribution is 7.99. The molecule has 0 radical (unpaired) electrons. The average Bonchev–Trinajstić information content (AvgIpc) is 3.02. The zero-order valence-electron chi connectivity index (χ0n) is 21.5. The van der Waals surface area contributed by atoms with Gasteiger partial charge in [-0.25, -0.2) is 0 Å². The smallest absolute Gasteiger partial charge is 0.100 e. The number of hydrogen-bond acceptors (Lipinski definition) is 3. The summed E-state index contributed by atoms with van der Waals surface area (Å²) in [6.45, 7) is 0. The molecule has 0 unspecified atom stereocenters. The fourth-order valence-electron chi connectivity index (χ4n) is 5.19. The maximum atomic E-state index is 9.87. The Balaban J connectivity index is 1.15. The first-order valence-electron chi connectivity index (χ1n) is 13.1. The lowest BCUT2D eigenvalue weighted by molar-refractivity contribution is 1.17. The molecular formula is C37H22N2S. The van der Waals surface area contributed by atoms with Crippen molar-refractivity contribution in [2.24, 2.45) is 0 Å². The lowest BCUT2D eigenvalue weighted by Gasteiger charge is -2.32. The minimum absolute atomic E-state index is 0.703. The molecule has 0 aromatic heterocycles. The highest BCUT2D eigenvalue weighted by Crippen LogP contribution is 2.51. The van der Waals surface area contributed by atoms with E-state index in [0.29, 0.717) is 5.56 Å². The van der Waals surface area contributed by atoms with Crippen LogP contribution in [0.15, 0.2) is 143 Å². The van der Waals surface area contributed by atoms with Gasteiger partial charge in [0.15, 0.2) is 0 Å². The number of benzene rings is 6. The number of nitrogens with zero attached hydrogens (tertiary/aromatic N) is 2. The van der Waals surface area contributed by atoms with Crippen molar-refractivity contribution in [3.63, 3.8) is 0 Å². The Morgan fingerprint density at radius 1 is 0.550 bits per heavy atom. The summed E-state index contributed by atoms with van der Waals surface area (Å²) < 4.78 is 0. The van der Waals surface area contributed by atoms with Gasteiger partial charge in [-0.1, -0.05) is 96.4 Å². The Labute approximate surface area is 238 Å². The van der Waals surface area contributed by atoms with E-state index >= 15 is 0 Å². The summed E-state index contributed by atoms with van der Waals surface area (Å²) in [5, 5.41) is 11.9. The first kappa shape index (κ1) is 23.9. The molecule has 0 aliphatic carbocycles. The van der Waals surface area contributed by atoms with Crippen LogP contribution in [0.4, 0.5) is 17.1 Å². The van der Waals surface area contributed by atoms with Gasteiger partial charge in [-0.2, -0.15) is 5.26 Å². The van der Waals surface area contributed by atoms with Crippen LogP contribution in [0, 0.1) is 23.2 Å². The molecule has 1 aliphatic heterocycles. The maximum absolute atomic E-state index is 9.87. The highest BCUT2D eigenvalue weighted by atomic mass is 32.2. The molecule has 1 aliphatic rings. The lowest BCUT2D eigenvalue weighted by atomic mass is 9.94. The second-order valence-electron chi connectivity index (χ2n) is 9.57. The van der Waals surface area contributed by atoms with Gasteiger partial charge in [0.25, 0.3) is 0 Å². The minimum Gasteiger partial charge on any atom is -0.308 e. The number of para-hydroxylation sites is 2. The van der Waals surface area contributed by atoms with Crippen LogP contribution in [0.25, 0.3) is 21.9 Å². The predicted octanol–water partition coefficient (Wildman–Crippen LogP) is 9.71. The van der Waals surface area contributed by atoms with E-state index in [1.807, 2.05) is 66.4 Å². The molecule has 0 saturated carbocycles. The topological polar surface area (TPSA) is 27.0 Å². The van der Waals surface area contributed by atoms with Crippen LogP contribution in [0.5, 0.6) is 0 Å². The molecule has 0 atom stereocenters. The van der Waals surface area contributed by atoms with Gasteiger partial charge in [-0.3, -0.25) is 0 Å². The van der Waals surface area contributed by atoms with Crippen molar-refractivity contribution in [1.82, 2.24) is 0 Å². The Kier molecular flexibility index (Phi) is 6.06. The normalized spacial score (nSPS) is 11.6. The fourth-order valence-corrected chi connectivity index (χ4v) is 6.24. The van der Waals surface area contributed by atoms with Gasteiger partial charge >= 0.3 is 0 Å². The molecule has 3 heteroatoms. The van der Waals surface area contributed by atoms with Gasteiger partial charge in [0.1, 0.15) is 6.07 Å². The number of nitriles is 1. The molecule has 0 saturated heterocycles. The second kappa shape index (κ2) is 10.2. The number of hydrogen-bond donors (Lipinski definition) is 0. The SMILES string of the molecule is N#Cc1c(-c2ccc(C#Cc3ccc(N4c5ccccc5Sc5ccccc54)cc3)cc2)ccc2ccccc12. The van der Waals surface area contributed by atoms with Crippen molar-refractivity contribution in [3.05, 3.63) is 150 Å². The number of fused-ring (bicyclic) bond motifs is 3. The molecule has 1 heterocycles. The van der Waals surface area contributed by atoms with Gasteiger partial charge in [0.05, 0.1) is 16.9 Å². The van der Waals surface area contributed by atoms with Gasteiger partial charge in [0.2, 0.25) is 0 Å². The summed E-state index contributed by atoms with van der Waals surface area (Å²) >= 11 is 1.81. The third kappa shape index (κ3) is 4.30. The summed E-state index contributed by atoms with van der Waals surface area (Å²) in [7, 11) is 0. The summed E-state index contributed by atoms with van der Waals surface area (Å²) in [4.78, 5) is 4.82. The monoisotopic (exact) mass is 526 g/mol. The predicted molar refractivity (Wildman–Crippen MR) is 165 cm³/mol. The Morgan fingerprint density at radius 3 is 1.77 bits per heavy atom. The van der Waals surface area contributed by atoms with Gasteiger partial charge in [0, 0.05) is 37.6 Å². The molecule has 0 N–H and O–H groups in total. The second-order valence-corrected chi connectivity index (χ2v) is 10.7. The molecule has 6 aromatic carbocycles. The fraction of sp³-hybridized carbons (Fsp3) is 0. The van der Waals surface area contributed by atoms with Crippen LogP contribution < -0.4 is 4.90 Å². The third-order valence-corrected chi connectivity index (χ3v) is 8.28. The highest BCUT2D eigenvalue weighted by Gasteiger charge is 2.23. The largest absolute Gasteiger partial charge is 0.308 e. The summed E-state index contributed by atoms with van der Waals surface area (Å²) in [5.74, 6) is 6.61. The Bertz CT molecular complexity index is 1940. The summed E-state index contributed by atoms with van der Waals surface area (Å²) in [6.07, 6.45) is 0. The van der Waals surface area contributed by atoms with Crippen LogP contribution in [-0.2, 0) is 0 Å². The van der Waals surface area contributed by atoms with Crippen molar-refractivity contribution >= 4 is 39.6 Å². The van der Waals surface area contributed by atoms with E-state index in [2.05, 4.69) is 102 Å². The van der Waals surface area contributed by atoms with Gasteiger partial charge in [-0.05, 0) is 71.6 Å². The van der Waals surface area contributed by atoms with Crippen molar-refractivity contribution in [2.75, 3.05) is 4.90 Å². The van der Waals surface area contributed by atoms with Crippen molar-refractivity contribution in [2.45, 2.75) is 9.79 Å². The molecule has 2 nitrogen and oxygen atoms in total. The van der Waals surface area contributed by atoms with Crippen molar-refractivity contribution in [1.29, 1.82) is 5.26 Å². The molecule has 7 rings (SSSR count). The summed E-state index contributed by atoms with van der Waals surface area (Å²) in [5.41, 5.74) is 8.04. The molecule has 0 bridgehead atoms.